The van der Waals surface area contributed by atoms with E-state index in [4.69, 9.17) is 11.6 Å². The van der Waals surface area contributed by atoms with Crippen molar-refractivity contribution in [1.82, 2.24) is 0 Å². The van der Waals surface area contributed by atoms with E-state index in [-0.39, 0.29) is 5.78 Å². The van der Waals surface area contributed by atoms with Crippen molar-refractivity contribution in [3.63, 3.8) is 0 Å². The van der Waals surface area contributed by atoms with Crippen molar-refractivity contribution in [1.29, 1.82) is 0 Å². The Kier molecular flexibility index (Phi) is 3.90. The third kappa shape index (κ3) is 3.00. The molecule has 0 saturated carbocycles. The Bertz CT molecular complexity index is 362. The molecule has 0 unspecified atom stereocenters. The molecule has 0 saturated heterocycles. The van der Waals surface area contributed by atoms with E-state index in [1.54, 1.807) is 12.1 Å². The van der Waals surface area contributed by atoms with E-state index in [0.717, 1.165) is 5.57 Å². The maximum atomic E-state index is 11.6. The number of benzene rings is 1. The van der Waals surface area contributed by atoms with Crippen LogP contribution < -0.4 is 0 Å². The third-order valence-corrected chi connectivity index (χ3v) is 2.20. The highest BCUT2D eigenvalue weighted by Crippen LogP contribution is 2.17. The number of ketones is 1. The summed E-state index contributed by atoms with van der Waals surface area (Å²) in [5.74, 6) is 0.0665. The van der Waals surface area contributed by atoms with Gasteiger partial charge in [0, 0.05) is 12.0 Å². The first-order chi connectivity index (χ1) is 6.61. The average Bonchev–Trinajstić information content (AvgIpc) is 2.15. The molecular weight excluding hydrogens is 196 g/mol. The van der Waals surface area contributed by atoms with E-state index in [9.17, 15) is 4.79 Å². The standard InChI is InChI=1S/C12H13ClO/c1-9(2)7-8-12(14)10-5-3-4-6-11(10)13/h3-7H,8H2,1-2H3. The van der Waals surface area contributed by atoms with Gasteiger partial charge in [-0.3, -0.25) is 4.79 Å². The minimum atomic E-state index is 0.0665. The number of halogens is 1. The van der Waals surface area contributed by atoms with Crippen molar-refractivity contribution < 1.29 is 4.79 Å². The highest BCUT2D eigenvalue weighted by atomic mass is 35.5. The van der Waals surface area contributed by atoms with Crippen LogP contribution in [0, 0.1) is 0 Å². The molecule has 0 aliphatic carbocycles. The number of hydrogen-bond acceptors (Lipinski definition) is 1. The molecule has 0 bridgehead atoms. The van der Waals surface area contributed by atoms with Crippen molar-refractivity contribution in [2.45, 2.75) is 20.3 Å². The molecule has 0 amide bonds. The van der Waals surface area contributed by atoms with Gasteiger partial charge in [0.15, 0.2) is 5.78 Å². The third-order valence-electron chi connectivity index (χ3n) is 1.87. The highest BCUT2D eigenvalue weighted by Gasteiger charge is 2.07. The van der Waals surface area contributed by atoms with Gasteiger partial charge >= 0.3 is 0 Å². The fourth-order valence-corrected chi connectivity index (χ4v) is 1.34. The first-order valence-corrected chi connectivity index (χ1v) is 4.90. The predicted octanol–water partition coefficient (Wildman–Crippen LogP) is 3.88. The average molecular weight is 209 g/mol. The molecule has 1 nitrogen and oxygen atoms in total. The molecule has 1 aromatic carbocycles. The summed E-state index contributed by atoms with van der Waals surface area (Å²) in [5.41, 5.74) is 1.75. The second-order valence-electron chi connectivity index (χ2n) is 3.39. The molecule has 2 heteroatoms. The number of carbonyl (C=O) groups excluding carboxylic acids is 1. The SMILES string of the molecule is CC(C)=CCC(=O)c1ccccc1Cl. The van der Waals surface area contributed by atoms with E-state index in [1.807, 2.05) is 32.1 Å². The predicted molar refractivity (Wildman–Crippen MR) is 59.8 cm³/mol. The van der Waals surface area contributed by atoms with Gasteiger partial charge in [-0.2, -0.15) is 0 Å². The molecule has 0 aliphatic heterocycles. The Morgan fingerprint density at radius 2 is 2.00 bits per heavy atom. The monoisotopic (exact) mass is 208 g/mol. The van der Waals surface area contributed by atoms with Crippen LogP contribution in [0.2, 0.25) is 5.02 Å². The molecule has 0 aliphatic rings. The fourth-order valence-electron chi connectivity index (χ4n) is 1.09. The molecule has 74 valence electrons. The van der Waals surface area contributed by atoms with Gasteiger partial charge in [-0.15, -0.1) is 0 Å². The van der Waals surface area contributed by atoms with Gasteiger partial charge in [-0.1, -0.05) is 35.4 Å². The summed E-state index contributed by atoms with van der Waals surface area (Å²) in [5, 5.41) is 0.527. The van der Waals surface area contributed by atoms with Gasteiger partial charge in [-0.05, 0) is 26.0 Å². The quantitative estimate of drug-likeness (QED) is 0.544. The largest absolute Gasteiger partial charge is 0.294 e. The fraction of sp³-hybridized carbons (Fsp3) is 0.250. The van der Waals surface area contributed by atoms with Gasteiger partial charge in [-0.25, -0.2) is 0 Å². The molecule has 0 fully saturated rings. The molecular formula is C12H13ClO. The molecule has 0 spiro atoms. The first-order valence-electron chi connectivity index (χ1n) is 4.52. The Morgan fingerprint density at radius 1 is 1.36 bits per heavy atom. The van der Waals surface area contributed by atoms with Crippen molar-refractivity contribution >= 4 is 17.4 Å². The summed E-state index contributed by atoms with van der Waals surface area (Å²) in [6, 6.07) is 7.13. The minimum Gasteiger partial charge on any atom is -0.294 e. The van der Waals surface area contributed by atoms with Crippen LogP contribution in [0.15, 0.2) is 35.9 Å². The van der Waals surface area contributed by atoms with Gasteiger partial charge in [0.25, 0.3) is 0 Å². The number of carbonyl (C=O) groups is 1. The molecule has 0 radical (unpaired) electrons. The topological polar surface area (TPSA) is 17.1 Å². The Balaban J connectivity index is 2.80. The van der Waals surface area contributed by atoms with Gasteiger partial charge in [0.2, 0.25) is 0 Å². The van der Waals surface area contributed by atoms with Crippen molar-refractivity contribution in [3.8, 4) is 0 Å². The molecule has 0 N–H and O–H groups in total. The van der Waals surface area contributed by atoms with Crippen LogP contribution in [0.4, 0.5) is 0 Å². The Labute approximate surface area is 89.4 Å². The second kappa shape index (κ2) is 4.97. The maximum absolute atomic E-state index is 11.6. The van der Waals surface area contributed by atoms with Crippen LogP contribution in [0.1, 0.15) is 30.6 Å². The van der Waals surface area contributed by atoms with Crippen LogP contribution in [0.5, 0.6) is 0 Å². The minimum absolute atomic E-state index is 0.0665. The van der Waals surface area contributed by atoms with Crippen molar-refractivity contribution in [2.75, 3.05) is 0 Å². The zero-order valence-corrected chi connectivity index (χ0v) is 9.14. The van der Waals surface area contributed by atoms with Crippen molar-refractivity contribution in [2.24, 2.45) is 0 Å². The van der Waals surface area contributed by atoms with E-state index in [0.29, 0.717) is 17.0 Å². The molecule has 14 heavy (non-hydrogen) atoms. The lowest BCUT2D eigenvalue weighted by Gasteiger charge is -2.00. The zero-order chi connectivity index (χ0) is 10.6. The summed E-state index contributed by atoms with van der Waals surface area (Å²) < 4.78 is 0. The second-order valence-corrected chi connectivity index (χ2v) is 3.80. The lowest BCUT2D eigenvalue weighted by Crippen LogP contribution is -1.97. The zero-order valence-electron chi connectivity index (χ0n) is 8.38. The molecule has 1 rings (SSSR count). The summed E-state index contributed by atoms with van der Waals surface area (Å²) >= 11 is 5.89. The Hall–Kier alpha value is -1.08. The summed E-state index contributed by atoms with van der Waals surface area (Å²) in [6.07, 6.45) is 2.33. The highest BCUT2D eigenvalue weighted by molar-refractivity contribution is 6.34. The normalized spacial score (nSPS) is 9.64. The van der Waals surface area contributed by atoms with Gasteiger partial charge in [0.05, 0.1) is 5.02 Å². The Morgan fingerprint density at radius 3 is 2.57 bits per heavy atom. The number of hydrogen-bond donors (Lipinski definition) is 0. The molecule has 0 heterocycles. The lowest BCUT2D eigenvalue weighted by atomic mass is 10.1. The van der Waals surface area contributed by atoms with Gasteiger partial charge in [0.1, 0.15) is 0 Å². The summed E-state index contributed by atoms with van der Waals surface area (Å²) in [7, 11) is 0. The lowest BCUT2D eigenvalue weighted by molar-refractivity contribution is 0.0995. The maximum Gasteiger partial charge on any atom is 0.168 e. The number of rotatable bonds is 3. The van der Waals surface area contributed by atoms with E-state index < -0.39 is 0 Å². The molecule has 1 aromatic rings. The van der Waals surface area contributed by atoms with Crippen LogP contribution in [0.3, 0.4) is 0 Å². The van der Waals surface area contributed by atoms with Crippen LogP contribution in [-0.2, 0) is 0 Å². The summed E-state index contributed by atoms with van der Waals surface area (Å²) in [4.78, 5) is 11.6. The summed E-state index contributed by atoms with van der Waals surface area (Å²) in [6.45, 7) is 3.94. The van der Waals surface area contributed by atoms with Crippen molar-refractivity contribution in [3.05, 3.63) is 46.5 Å². The smallest absolute Gasteiger partial charge is 0.168 e. The molecule has 0 atom stereocenters. The van der Waals surface area contributed by atoms with E-state index in [2.05, 4.69) is 0 Å². The van der Waals surface area contributed by atoms with Gasteiger partial charge < -0.3 is 0 Å². The first kappa shape index (κ1) is 11.0. The molecule has 0 aromatic heterocycles. The number of Topliss-reactive ketones (excluding diaryl/α,β-unsaturated/α-hetero) is 1. The van der Waals surface area contributed by atoms with E-state index >= 15 is 0 Å². The van der Waals surface area contributed by atoms with Crippen LogP contribution >= 0.6 is 11.6 Å². The van der Waals surface area contributed by atoms with Crippen LogP contribution in [-0.4, -0.2) is 5.78 Å². The number of allylic oxidation sites excluding steroid dienone is 2. The van der Waals surface area contributed by atoms with E-state index in [1.165, 1.54) is 0 Å². The van der Waals surface area contributed by atoms with Crippen LogP contribution in [0.25, 0.3) is 0 Å².